The molecule has 0 aliphatic rings. The molecule has 3 aromatic rings. The smallest absolute Gasteiger partial charge is 0.335 e. The summed E-state index contributed by atoms with van der Waals surface area (Å²) in [6.07, 6.45) is -1.99. The van der Waals surface area contributed by atoms with E-state index in [0.29, 0.717) is 5.02 Å². The first kappa shape index (κ1) is 12.0. The SMILES string of the molecule is [2H]c1c([2H])c(NCCNC[C@@]([2H])(O)c2cccc(Cl)c2)c([2H])c(-c2c([2H])c([2H])c([2H])c(C(=O)O)c2[2H])c1[2H]. The van der Waals surface area contributed by atoms with Gasteiger partial charge in [0.1, 0.15) is 0 Å². The largest absolute Gasteiger partial charge is 0.478 e. The van der Waals surface area contributed by atoms with Crippen LogP contribution in [0.5, 0.6) is 0 Å². The summed E-state index contributed by atoms with van der Waals surface area (Å²) in [6.45, 7) is -0.0189. The van der Waals surface area contributed by atoms with Gasteiger partial charge in [0.05, 0.1) is 24.0 Å². The predicted octanol–water partition coefficient (Wildman–Crippen LogP) is 4.44. The molecular weight excluding hydrogens is 388 g/mol. The van der Waals surface area contributed by atoms with Crippen LogP contribution in [0, 0.1) is 0 Å². The van der Waals surface area contributed by atoms with Crippen molar-refractivity contribution in [3.63, 3.8) is 0 Å². The Kier molecular flexibility index (Phi) is 4.16. The molecular formula is C23H23ClN2O3. The van der Waals surface area contributed by atoms with Crippen molar-refractivity contribution in [2.75, 3.05) is 25.0 Å². The zero-order valence-corrected chi connectivity index (χ0v) is 15.9. The van der Waals surface area contributed by atoms with Gasteiger partial charge in [-0.3, -0.25) is 0 Å². The number of carbonyl (C=O) groups is 1. The molecule has 5 nitrogen and oxygen atoms in total. The Morgan fingerprint density at radius 1 is 1.14 bits per heavy atom. The zero-order valence-electron chi connectivity index (χ0n) is 24.1. The molecule has 0 amide bonds. The van der Waals surface area contributed by atoms with Crippen molar-refractivity contribution < 1.29 is 27.3 Å². The van der Waals surface area contributed by atoms with Crippen molar-refractivity contribution in [3.05, 3.63) is 88.8 Å². The standard InChI is InChI=1S/C23H23ClN2O3/c24-20-8-2-6-18(13-20)22(27)15-25-10-11-26-21-9-3-5-17(14-21)16-4-1-7-19(12-16)23(28)29/h1-9,12-14,22,25-27H,10-11,15H2,(H,28,29)/t22-/m1/s1/i1D,3D,4D,5D,7D,9D,12D,14D,22D. The molecule has 0 aliphatic heterocycles. The maximum absolute atomic E-state index is 11.6. The number of carboxylic acids is 1. The van der Waals surface area contributed by atoms with E-state index in [1.165, 1.54) is 6.07 Å². The summed E-state index contributed by atoms with van der Waals surface area (Å²) in [5, 5.41) is 25.8. The molecule has 0 aromatic heterocycles. The fraction of sp³-hybridized carbons (Fsp3) is 0.174. The lowest BCUT2D eigenvalue weighted by atomic mass is 10.0. The molecule has 0 spiro atoms. The van der Waals surface area contributed by atoms with Gasteiger partial charge in [-0.1, -0.05) is 47.9 Å². The lowest BCUT2D eigenvalue weighted by molar-refractivity contribution is 0.0697. The summed E-state index contributed by atoms with van der Waals surface area (Å²) in [4.78, 5) is 11.6. The molecule has 0 aliphatic carbocycles. The van der Waals surface area contributed by atoms with Gasteiger partial charge in [0, 0.05) is 30.3 Å². The van der Waals surface area contributed by atoms with Crippen LogP contribution in [0.1, 0.15) is 34.3 Å². The molecule has 0 saturated carbocycles. The van der Waals surface area contributed by atoms with E-state index >= 15 is 0 Å². The first-order chi connectivity index (χ1) is 17.7. The van der Waals surface area contributed by atoms with Gasteiger partial charge in [-0.2, -0.15) is 0 Å². The van der Waals surface area contributed by atoms with Gasteiger partial charge in [-0.25, -0.2) is 4.79 Å². The van der Waals surface area contributed by atoms with Gasteiger partial charge in [-0.15, -0.1) is 0 Å². The van der Waals surface area contributed by atoms with Crippen LogP contribution >= 0.6 is 11.6 Å². The molecule has 6 heteroatoms. The highest BCUT2D eigenvalue weighted by Crippen LogP contribution is 2.23. The predicted molar refractivity (Wildman–Crippen MR) is 117 cm³/mol. The maximum Gasteiger partial charge on any atom is 0.335 e. The molecule has 3 aromatic carbocycles. The number of anilines is 1. The van der Waals surface area contributed by atoms with Crippen LogP contribution in [-0.2, 0) is 0 Å². The average Bonchev–Trinajstić information content (AvgIpc) is 2.85. The molecule has 0 unspecified atom stereocenters. The maximum atomic E-state index is 11.6. The molecule has 150 valence electrons. The monoisotopic (exact) mass is 419 g/mol. The topological polar surface area (TPSA) is 81.6 Å². The Bertz CT molecular complexity index is 1420. The Hall–Kier alpha value is -2.86. The number of aliphatic hydroxyl groups is 1. The van der Waals surface area contributed by atoms with Crippen molar-refractivity contribution in [2.45, 2.75) is 6.08 Å². The zero-order chi connectivity index (χ0) is 28.5. The minimum atomic E-state index is -1.99. The van der Waals surface area contributed by atoms with E-state index in [1.807, 2.05) is 0 Å². The molecule has 1 atom stereocenters. The van der Waals surface area contributed by atoms with Crippen molar-refractivity contribution in [3.8, 4) is 11.1 Å². The average molecular weight is 420 g/mol. The van der Waals surface area contributed by atoms with Crippen molar-refractivity contribution >= 4 is 23.3 Å². The first-order valence-electron chi connectivity index (χ1n) is 13.1. The summed E-state index contributed by atoms with van der Waals surface area (Å²) < 4.78 is 73.5. The second-order valence-corrected chi connectivity index (χ2v) is 6.30. The van der Waals surface area contributed by atoms with Crippen LogP contribution < -0.4 is 10.6 Å². The number of halogens is 1. The van der Waals surface area contributed by atoms with E-state index in [1.54, 1.807) is 18.2 Å². The second kappa shape index (κ2) is 10.1. The Balaban J connectivity index is 1.90. The van der Waals surface area contributed by atoms with Crippen molar-refractivity contribution in [1.82, 2.24) is 5.32 Å². The molecule has 4 N–H and O–H groups in total. The second-order valence-electron chi connectivity index (χ2n) is 5.87. The number of aromatic carboxylic acids is 1. The Morgan fingerprint density at radius 3 is 2.66 bits per heavy atom. The number of carboxylic acid groups (broad SMARTS) is 1. The van der Waals surface area contributed by atoms with Crippen LogP contribution in [0.3, 0.4) is 0 Å². The lowest BCUT2D eigenvalue weighted by Gasteiger charge is -2.13. The number of rotatable bonds is 9. The van der Waals surface area contributed by atoms with Gasteiger partial charge < -0.3 is 20.8 Å². The third kappa shape index (κ3) is 6.06. The number of nitrogens with one attached hydrogen (secondary N) is 2. The fourth-order valence-corrected chi connectivity index (χ4v) is 2.58. The Labute approximate surface area is 187 Å². The summed E-state index contributed by atoms with van der Waals surface area (Å²) in [6, 6.07) is 0.549. The van der Waals surface area contributed by atoms with E-state index in [0.717, 1.165) is 0 Å². The minimum absolute atomic E-state index is 0.0385. The summed E-state index contributed by atoms with van der Waals surface area (Å²) in [7, 11) is 0. The molecule has 0 saturated heterocycles. The van der Waals surface area contributed by atoms with E-state index in [2.05, 4.69) is 10.6 Å². The van der Waals surface area contributed by atoms with Crippen LogP contribution in [-0.4, -0.2) is 35.8 Å². The highest BCUT2D eigenvalue weighted by Gasteiger charge is 2.07. The molecule has 0 radical (unpaired) electrons. The van der Waals surface area contributed by atoms with Gasteiger partial charge in [0.25, 0.3) is 0 Å². The van der Waals surface area contributed by atoms with Crippen LogP contribution in [0.15, 0.2) is 72.6 Å². The minimum Gasteiger partial charge on any atom is -0.478 e. The summed E-state index contributed by atoms with van der Waals surface area (Å²) in [5.74, 6) is -1.69. The van der Waals surface area contributed by atoms with Gasteiger partial charge in [0.2, 0.25) is 0 Å². The van der Waals surface area contributed by atoms with E-state index in [9.17, 15) is 15.0 Å². The molecule has 0 heterocycles. The quantitative estimate of drug-likeness (QED) is 0.385. The normalized spacial score (nSPS) is 17.2. The van der Waals surface area contributed by atoms with E-state index in [4.69, 9.17) is 23.9 Å². The number of benzene rings is 3. The number of hydrogen-bond acceptors (Lipinski definition) is 4. The van der Waals surface area contributed by atoms with Gasteiger partial charge >= 0.3 is 5.97 Å². The van der Waals surface area contributed by atoms with Crippen LogP contribution in [0.25, 0.3) is 11.1 Å². The van der Waals surface area contributed by atoms with Crippen LogP contribution in [0.2, 0.25) is 5.02 Å². The highest BCUT2D eigenvalue weighted by molar-refractivity contribution is 6.30. The van der Waals surface area contributed by atoms with Crippen LogP contribution in [0.4, 0.5) is 5.69 Å². The lowest BCUT2D eigenvalue weighted by Crippen LogP contribution is -2.26. The first-order valence-corrected chi connectivity index (χ1v) is 8.95. The number of hydrogen-bond donors (Lipinski definition) is 4. The summed E-state index contributed by atoms with van der Waals surface area (Å²) >= 11 is 5.91. The van der Waals surface area contributed by atoms with Gasteiger partial charge in [0.15, 0.2) is 0 Å². The highest BCUT2D eigenvalue weighted by atomic mass is 35.5. The third-order valence-corrected chi connectivity index (χ3v) is 4.00. The van der Waals surface area contributed by atoms with Crippen molar-refractivity contribution in [1.29, 1.82) is 0 Å². The van der Waals surface area contributed by atoms with E-state index in [-0.39, 0.29) is 30.9 Å². The molecule has 0 bridgehead atoms. The fourth-order valence-electron chi connectivity index (χ4n) is 2.39. The van der Waals surface area contributed by atoms with Gasteiger partial charge in [-0.05, 0) is 53.0 Å². The molecule has 3 rings (SSSR count). The Morgan fingerprint density at radius 2 is 1.90 bits per heavy atom. The third-order valence-electron chi connectivity index (χ3n) is 3.77. The van der Waals surface area contributed by atoms with Crippen molar-refractivity contribution in [2.24, 2.45) is 0 Å². The molecule has 29 heavy (non-hydrogen) atoms. The molecule has 0 fully saturated rings. The summed E-state index contributed by atoms with van der Waals surface area (Å²) in [5.41, 5.74) is -1.87. The van der Waals surface area contributed by atoms with E-state index < -0.39 is 77.1 Å².